The minimum Gasteiger partial charge on any atom is -0.480 e. The van der Waals surface area contributed by atoms with Crippen molar-refractivity contribution in [3.8, 4) is 0 Å². The van der Waals surface area contributed by atoms with Gasteiger partial charge in [0, 0.05) is 6.42 Å². The van der Waals surface area contributed by atoms with Gasteiger partial charge in [0.1, 0.15) is 0 Å². The number of carbonyl (C=O) groups is 2. The molecular formula is C15H25NO4. The second-order valence-corrected chi connectivity index (χ2v) is 5.63. The summed E-state index contributed by atoms with van der Waals surface area (Å²) in [6.45, 7) is 5.93. The molecular weight excluding hydrogens is 258 g/mol. The molecule has 0 heterocycles. The summed E-state index contributed by atoms with van der Waals surface area (Å²) in [5.41, 5.74) is 0. The summed E-state index contributed by atoms with van der Waals surface area (Å²) in [6.07, 6.45) is 6.45. The van der Waals surface area contributed by atoms with E-state index >= 15 is 0 Å². The molecule has 20 heavy (non-hydrogen) atoms. The lowest BCUT2D eigenvalue weighted by Gasteiger charge is -2.26. The fraction of sp³-hybridized carbons (Fsp3) is 0.733. The molecule has 1 rings (SSSR count). The van der Waals surface area contributed by atoms with E-state index in [2.05, 4.69) is 18.8 Å². The monoisotopic (exact) mass is 283 g/mol. The van der Waals surface area contributed by atoms with E-state index in [0.717, 1.165) is 19.3 Å². The van der Waals surface area contributed by atoms with E-state index in [9.17, 15) is 9.59 Å². The Kier molecular flexibility index (Phi) is 7.30. The number of hydrogen-bond acceptors (Lipinski definition) is 3. The molecule has 0 aromatic rings. The molecule has 0 aliphatic heterocycles. The van der Waals surface area contributed by atoms with E-state index < -0.39 is 12.0 Å². The number of aliphatic carboxylic acids is 1. The Balaban J connectivity index is 2.36. The molecule has 0 aromatic heterocycles. The van der Waals surface area contributed by atoms with Crippen molar-refractivity contribution in [2.24, 2.45) is 11.8 Å². The van der Waals surface area contributed by atoms with E-state index in [1.807, 2.05) is 0 Å². The molecule has 1 saturated carbocycles. The van der Waals surface area contributed by atoms with Crippen LogP contribution in [0.5, 0.6) is 0 Å². The van der Waals surface area contributed by atoms with Gasteiger partial charge in [0.25, 0.3) is 0 Å². The van der Waals surface area contributed by atoms with Crippen LogP contribution in [-0.4, -0.2) is 36.2 Å². The minimum absolute atomic E-state index is 0.0336. The molecule has 2 N–H and O–H groups in total. The Morgan fingerprint density at radius 1 is 1.50 bits per heavy atom. The highest BCUT2D eigenvalue weighted by molar-refractivity contribution is 5.83. The highest BCUT2D eigenvalue weighted by Gasteiger charge is 2.24. The zero-order chi connectivity index (χ0) is 15.0. The van der Waals surface area contributed by atoms with Gasteiger partial charge in [-0.25, -0.2) is 4.79 Å². The lowest BCUT2D eigenvalue weighted by atomic mass is 9.81. The zero-order valence-corrected chi connectivity index (χ0v) is 12.1. The maximum absolute atomic E-state index is 11.9. The van der Waals surface area contributed by atoms with Crippen molar-refractivity contribution in [3.63, 3.8) is 0 Å². The van der Waals surface area contributed by atoms with E-state index in [0.29, 0.717) is 18.3 Å². The van der Waals surface area contributed by atoms with Gasteiger partial charge in [0.2, 0.25) is 5.91 Å². The summed E-state index contributed by atoms with van der Waals surface area (Å²) in [4.78, 5) is 23.0. The number of amides is 1. The number of carboxylic acid groups (broad SMARTS) is 1. The lowest BCUT2D eigenvalue weighted by molar-refractivity contribution is -0.143. The second kappa shape index (κ2) is 8.74. The predicted molar refractivity (Wildman–Crippen MR) is 76.3 cm³/mol. The van der Waals surface area contributed by atoms with Gasteiger partial charge in [-0.1, -0.05) is 25.8 Å². The Morgan fingerprint density at radius 3 is 2.85 bits per heavy atom. The molecule has 5 nitrogen and oxygen atoms in total. The average molecular weight is 283 g/mol. The van der Waals surface area contributed by atoms with Crippen LogP contribution in [0.2, 0.25) is 0 Å². The van der Waals surface area contributed by atoms with Gasteiger partial charge in [-0.3, -0.25) is 4.79 Å². The standard InChI is InChI=1S/C15H25NO4/c1-3-7-20-10-13(15(18)19)16-14(17)9-12-6-4-5-11(2)8-12/h3,11-13H,1,4-10H2,2H3,(H,16,17)(H,18,19). The highest BCUT2D eigenvalue weighted by Crippen LogP contribution is 2.30. The van der Waals surface area contributed by atoms with Crippen LogP contribution >= 0.6 is 0 Å². The van der Waals surface area contributed by atoms with Crippen LogP contribution in [0.25, 0.3) is 0 Å². The third-order valence-corrected chi connectivity index (χ3v) is 3.67. The first-order valence-electron chi connectivity index (χ1n) is 7.23. The van der Waals surface area contributed by atoms with Crippen LogP contribution in [0.4, 0.5) is 0 Å². The normalized spacial score (nSPS) is 23.9. The van der Waals surface area contributed by atoms with Crippen LogP contribution in [0.15, 0.2) is 12.7 Å². The molecule has 0 bridgehead atoms. The van der Waals surface area contributed by atoms with Crippen LogP contribution < -0.4 is 5.32 Å². The molecule has 1 aliphatic carbocycles. The lowest BCUT2D eigenvalue weighted by Crippen LogP contribution is -2.44. The van der Waals surface area contributed by atoms with E-state index in [4.69, 9.17) is 9.84 Å². The second-order valence-electron chi connectivity index (χ2n) is 5.63. The van der Waals surface area contributed by atoms with Crippen molar-refractivity contribution in [2.45, 2.75) is 45.1 Å². The van der Waals surface area contributed by atoms with Gasteiger partial charge in [0.05, 0.1) is 13.2 Å². The fourth-order valence-electron chi connectivity index (χ4n) is 2.70. The molecule has 3 unspecified atom stereocenters. The average Bonchev–Trinajstić information content (AvgIpc) is 2.37. The number of carbonyl (C=O) groups excluding carboxylic acids is 1. The van der Waals surface area contributed by atoms with Gasteiger partial charge in [-0.05, 0) is 24.7 Å². The first-order chi connectivity index (χ1) is 9.52. The minimum atomic E-state index is -1.07. The highest BCUT2D eigenvalue weighted by atomic mass is 16.5. The molecule has 1 amide bonds. The Labute approximate surface area is 120 Å². The van der Waals surface area contributed by atoms with Gasteiger partial charge < -0.3 is 15.2 Å². The molecule has 0 saturated heterocycles. The first kappa shape index (κ1) is 16.7. The third-order valence-electron chi connectivity index (χ3n) is 3.67. The van der Waals surface area contributed by atoms with Gasteiger partial charge in [0.15, 0.2) is 6.04 Å². The van der Waals surface area contributed by atoms with E-state index in [-0.39, 0.29) is 19.1 Å². The number of rotatable bonds is 8. The van der Waals surface area contributed by atoms with Crippen molar-refractivity contribution in [3.05, 3.63) is 12.7 Å². The topological polar surface area (TPSA) is 75.6 Å². The van der Waals surface area contributed by atoms with E-state index in [1.54, 1.807) is 6.08 Å². The molecule has 0 radical (unpaired) electrons. The quantitative estimate of drug-likeness (QED) is 0.527. The molecule has 1 fully saturated rings. The third kappa shape index (κ3) is 6.19. The molecule has 0 aromatic carbocycles. The maximum Gasteiger partial charge on any atom is 0.328 e. The van der Waals surface area contributed by atoms with Crippen molar-refractivity contribution >= 4 is 11.9 Å². The number of nitrogens with one attached hydrogen (secondary N) is 1. The summed E-state index contributed by atoms with van der Waals surface area (Å²) < 4.78 is 5.10. The fourth-order valence-corrected chi connectivity index (χ4v) is 2.70. The molecule has 5 heteroatoms. The molecule has 1 aliphatic rings. The van der Waals surface area contributed by atoms with Gasteiger partial charge in [-0.15, -0.1) is 6.58 Å². The summed E-state index contributed by atoms with van der Waals surface area (Å²) in [5.74, 6) is -0.229. The smallest absolute Gasteiger partial charge is 0.328 e. The van der Waals surface area contributed by atoms with Crippen LogP contribution in [0.1, 0.15) is 39.0 Å². The van der Waals surface area contributed by atoms with Crippen LogP contribution in [-0.2, 0) is 14.3 Å². The first-order valence-corrected chi connectivity index (χ1v) is 7.23. The SMILES string of the molecule is C=CCOCC(NC(=O)CC1CCCC(C)C1)C(=O)O. The summed E-state index contributed by atoms with van der Waals surface area (Å²) in [7, 11) is 0. The summed E-state index contributed by atoms with van der Waals surface area (Å²) in [6, 6.07) is -0.983. The van der Waals surface area contributed by atoms with Crippen LogP contribution in [0.3, 0.4) is 0 Å². The Morgan fingerprint density at radius 2 is 2.25 bits per heavy atom. The largest absolute Gasteiger partial charge is 0.480 e. The van der Waals surface area contributed by atoms with Crippen molar-refractivity contribution in [2.75, 3.05) is 13.2 Å². The summed E-state index contributed by atoms with van der Waals surface area (Å²) in [5, 5.41) is 11.6. The van der Waals surface area contributed by atoms with Crippen molar-refractivity contribution in [1.82, 2.24) is 5.32 Å². The van der Waals surface area contributed by atoms with E-state index in [1.165, 1.54) is 6.42 Å². The van der Waals surface area contributed by atoms with Crippen molar-refractivity contribution < 1.29 is 19.4 Å². The Bertz CT molecular complexity index is 343. The van der Waals surface area contributed by atoms with Gasteiger partial charge >= 0.3 is 5.97 Å². The molecule has 0 spiro atoms. The maximum atomic E-state index is 11.9. The predicted octanol–water partition coefficient (Wildman–Crippen LogP) is 1.97. The molecule has 114 valence electrons. The number of hydrogen-bond donors (Lipinski definition) is 2. The number of ether oxygens (including phenoxy) is 1. The van der Waals surface area contributed by atoms with Crippen LogP contribution in [0, 0.1) is 11.8 Å². The molecule has 3 atom stereocenters. The Hall–Kier alpha value is -1.36. The van der Waals surface area contributed by atoms with Crippen molar-refractivity contribution in [1.29, 1.82) is 0 Å². The summed E-state index contributed by atoms with van der Waals surface area (Å²) >= 11 is 0. The zero-order valence-electron chi connectivity index (χ0n) is 12.1. The number of carboxylic acids is 1. The van der Waals surface area contributed by atoms with Gasteiger partial charge in [-0.2, -0.15) is 0 Å².